The molecular formula is C30H35N7O4. The van der Waals surface area contributed by atoms with Gasteiger partial charge >= 0.3 is 6.03 Å². The highest BCUT2D eigenvalue weighted by molar-refractivity contribution is 6.19. The number of carbonyl (C=O) groups excluding carboxylic acids is 3. The lowest BCUT2D eigenvalue weighted by atomic mass is 9.89. The maximum Gasteiger partial charge on any atom is 0.333 e. The summed E-state index contributed by atoms with van der Waals surface area (Å²) in [6.07, 6.45) is 1.83. The Hall–Kier alpha value is -4.09. The van der Waals surface area contributed by atoms with Crippen LogP contribution in [0.1, 0.15) is 40.4 Å². The number of hydrazine groups is 1. The standard InChI is InChI=1S/C30H35N7O4/c1-35(2)21-8-6-19(7-9-21)18-24(38)36-12-10-20(11-13-36)27-26-28(33-32-27)22-4-3-5-23(25(22)29(26)39)31-30(40)34-37-14-16-41-17-15-37/h3-9,20,28H,10-18H2,1-2H3,(H2,31,34,40). The monoisotopic (exact) mass is 557 g/mol. The van der Waals surface area contributed by atoms with Crippen LogP contribution in [0.15, 0.2) is 64.0 Å². The summed E-state index contributed by atoms with van der Waals surface area (Å²) in [5, 5.41) is 13.6. The third-order valence-corrected chi connectivity index (χ3v) is 8.25. The summed E-state index contributed by atoms with van der Waals surface area (Å²) in [5.41, 5.74) is 7.97. The molecule has 1 aliphatic carbocycles. The minimum atomic E-state index is -0.443. The van der Waals surface area contributed by atoms with Gasteiger partial charge in [-0.15, -0.1) is 0 Å². The molecule has 2 fully saturated rings. The van der Waals surface area contributed by atoms with Gasteiger partial charge in [0.15, 0.2) is 5.78 Å². The van der Waals surface area contributed by atoms with Crippen molar-refractivity contribution in [3.63, 3.8) is 0 Å². The molecule has 2 aromatic rings. The van der Waals surface area contributed by atoms with E-state index in [2.05, 4.69) is 21.0 Å². The summed E-state index contributed by atoms with van der Waals surface area (Å²) in [6.45, 7) is 3.55. The first kappa shape index (κ1) is 27.1. The highest BCUT2D eigenvalue weighted by Crippen LogP contribution is 2.49. The number of ether oxygens (including phenoxy) is 1. The number of benzene rings is 2. The number of nitrogens with zero attached hydrogens (tertiary/aromatic N) is 5. The third-order valence-electron chi connectivity index (χ3n) is 8.25. The number of Topliss-reactive ketones (excluding diaryl/α,β-unsaturated/α-hetero) is 1. The molecule has 0 radical (unpaired) electrons. The van der Waals surface area contributed by atoms with Crippen molar-refractivity contribution in [3.05, 3.63) is 70.4 Å². The topological polar surface area (TPSA) is 119 Å². The number of likely N-dealkylation sites (tertiary alicyclic amines) is 1. The van der Waals surface area contributed by atoms with Gasteiger partial charge in [0.2, 0.25) is 5.91 Å². The highest BCUT2D eigenvalue weighted by atomic mass is 16.5. The van der Waals surface area contributed by atoms with Gasteiger partial charge < -0.3 is 19.9 Å². The van der Waals surface area contributed by atoms with Gasteiger partial charge in [-0.1, -0.05) is 24.3 Å². The van der Waals surface area contributed by atoms with E-state index in [1.54, 1.807) is 11.1 Å². The predicted octanol–water partition coefficient (Wildman–Crippen LogP) is 3.56. The molecule has 0 bridgehead atoms. The van der Waals surface area contributed by atoms with Crippen LogP contribution in [0.4, 0.5) is 16.2 Å². The summed E-state index contributed by atoms with van der Waals surface area (Å²) in [7, 11) is 3.99. The number of anilines is 2. The zero-order chi connectivity index (χ0) is 28.5. The van der Waals surface area contributed by atoms with Gasteiger partial charge in [-0.05, 0) is 42.2 Å². The van der Waals surface area contributed by atoms with Crippen molar-refractivity contribution in [1.82, 2.24) is 15.3 Å². The van der Waals surface area contributed by atoms with Crippen molar-refractivity contribution in [2.75, 3.05) is 63.7 Å². The fourth-order valence-corrected chi connectivity index (χ4v) is 5.99. The van der Waals surface area contributed by atoms with Gasteiger partial charge in [0.25, 0.3) is 0 Å². The minimum absolute atomic E-state index is 0.0569. The van der Waals surface area contributed by atoms with Crippen molar-refractivity contribution in [2.45, 2.75) is 25.3 Å². The summed E-state index contributed by atoms with van der Waals surface area (Å²) >= 11 is 0. The molecule has 2 saturated heterocycles. The molecule has 41 heavy (non-hydrogen) atoms. The smallest absolute Gasteiger partial charge is 0.333 e. The number of carbonyl (C=O) groups is 3. The van der Waals surface area contributed by atoms with Crippen LogP contribution in [0.5, 0.6) is 0 Å². The molecule has 0 aromatic heterocycles. The molecule has 2 N–H and O–H groups in total. The third kappa shape index (κ3) is 5.47. The maximum atomic E-state index is 13.7. The van der Waals surface area contributed by atoms with Gasteiger partial charge in [0, 0.05) is 51.9 Å². The van der Waals surface area contributed by atoms with E-state index in [9.17, 15) is 14.4 Å². The number of morpholine rings is 1. The Morgan fingerprint density at radius 1 is 1.02 bits per heavy atom. The Balaban J connectivity index is 1.10. The minimum Gasteiger partial charge on any atom is -0.379 e. The molecule has 214 valence electrons. The Morgan fingerprint density at radius 2 is 1.76 bits per heavy atom. The fourth-order valence-electron chi connectivity index (χ4n) is 5.99. The Bertz CT molecular complexity index is 1400. The van der Waals surface area contributed by atoms with E-state index in [0.717, 1.165) is 35.4 Å². The average molecular weight is 558 g/mol. The molecule has 11 nitrogen and oxygen atoms in total. The first-order valence-corrected chi connectivity index (χ1v) is 14.2. The number of amides is 3. The van der Waals surface area contributed by atoms with E-state index < -0.39 is 12.1 Å². The number of piperidine rings is 1. The lowest BCUT2D eigenvalue weighted by molar-refractivity contribution is -0.131. The zero-order valence-electron chi connectivity index (χ0n) is 23.4. The molecule has 0 spiro atoms. The molecular weight excluding hydrogens is 522 g/mol. The van der Waals surface area contributed by atoms with Crippen LogP contribution in [-0.2, 0) is 16.0 Å². The van der Waals surface area contributed by atoms with Gasteiger partial charge in [-0.25, -0.2) is 9.80 Å². The van der Waals surface area contributed by atoms with Crippen LogP contribution in [0.25, 0.3) is 0 Å². The molecule has 11 heteroatoms. The van der Waals surface area contributed by atoms with Gasteiger partial charge in [-0.3, -0.25) is 15.0 Å². The molecule has 3 heterocycles. The highest BCUT2D eigenvalue weighted by Gasteiger charge is 2.44. The van der Waals surface area contributed by atoms with Gasteiger partial charge in [-0.2, -0.15) is 10.2 Å². The molecule has 3 amide bonds. The molecule has 6 rings (SSSR count). The van der Waals surface area contributed by atoms with Crippen LogP contribution in [0.3, 0.4) is 0 Å². The lowest BCUT2D eigenvalue weighted by Crippen LogP contribution is -2.49. The first-order valence-electron chi connectivity index (χ1n) is 14.2. The largest absolute Gasteiger partial charge is 0.379 e. The normalized spacial score (nSPS) is 20.7. The number of ketones is 1. The molecule has 2 aromatic carbocycles. The lowest BCUT2D eigenvalue weighted by Gasteiger charge is -2.32. The summed E-state index contributed by atoms with van der Waals surface area (Å²) in [5.74, 6) is 0.0356. The second-order valence-electron chi connectivity index (χ2n) is 11.1. The molecule has 4 aliphatic rings. The number of urea groups is 1. The summed E-state index contributed by atoms with van der Waals surface area (Å²) < 4.78 is 5.33. The first-order chi connectivity index (χ1) is 19.9. The summed E-state index contributed by atoms with van der Waals surface area (Å²) in [6, 6.07) is 12.7. The number of allylic oxidation sites excluding steroid dienone is 1. The Labute approximate surface area is 239 Å². The number of hydrogen-bond acceptors (Lipinski definition) is 8. The molecule has 3 aliphatic heterocycles. The van der Waals surface area contributed by atoms with E-state index in [1.165, 1.54) is 0 Å². The fraction of sp³-hybridized carbons (Fsp3) is 0.433. The molecule has 1 unspecified atom stereocenters. The van der Waals surface area contributed by atoms with Crippen molar-refractivity contribution in [3.8, 4) is 0 Å². The van der Waals surface area contributed by atoms with Crippen LogP contribution in [0, 0.1) is 5.92 Å². The number of azo groups is 1. The van der Waals surface area contributed by atoms with Crippen molar-refractivity contribution in [1.29, 1.82) is 0 Å². The Kier molecular flexibility index (Phi) is 7.55. The van der Waals surface area contributed by atoms with E-state index in [0.29, 0.717) is 62.6 Å². The van der Waals surface area contributed by atoms with Gasteiger partial charge in [0.05, 0.1) is 42.2 Å². The van der Waals surface area contributed by atoms with Crippen LogP contribution >= 0.6 is 0 Å². The van der Waals surface area contributed by atoms with Crippen molar-refractivity contribution >= 4 is 29.1 Å². The maximum absolute atomic E-state index is 13.7. The van der Waals surface area contributed by atoms with Crippen molar-refractivity contribution < 1.29 is 19.1 Å². The van der Waals surface area contributed by atoms with Crippen LogP contribution in [-0.4, -0.2) is 81.1 Å². The number of fused-ring (bicyclic) bond motifs is 3. The number of hydrogen-bond donors (Lipinski definition) is 2. The second kappa shape index (κ2) is 11.4. The molecule has 0 saturated carbocycles. The van der Waals surface area contributed by atoms with E-state index >= 15 is 0 Å². The average Bonchev–Trinajstić information content (AvgIpc) is 3.54. The quantitative estimate of drug-likeness (QED) is 0.561. The van der Waals surface area contributed by atoms with Crippen LogP contribution < -0.4 is 15.6 Å². The second-order valence-corrected chi connectivity index (χ2v) is 11.1. The zero-order valence-corrected chi connectivity index (χ0v) is 23.4. The SMILES string of the molecule is CN(C)c1ccc(CC(=O)N2CCC(C3=C4C(=O)c5c(NC(=O)NN6CCOCC6)cccc5C4N=N3)CC2)cc1. The predicted molar refractivity (Wildman–Crippen MR) is 154 cm³/mol. The van der Waals surface area contributed by atoms with E-state index in [1.807, 2.05) is 60.3 Å². The number of nitrogens with one attached hydrogen (secondary N) is 2. The van der Waals surface area contributed by atoms with Gasteiger partial charge in [0.1, 0.15) is 6.04 Å². The van der Waals surface area contributed by atoms with E-state index in [-0.39, 0.29) is 17.6 Å². The van der Waals surface area contributed by atoms with E-state index in [4.69, 9.17) is 4.74 Å². The number of rotatable bonds is 6. The molecule has 1 atom stereocenters. The summed E-state index contributed by atoms with van der Waals surface area (Å²) in [4.78, 5) is 43.4. The Morgan fingerprint density at radius 3 is 2.46 bits per heavy atom. The van der Waals surface area contributed by atoms with Crippen LogP contribution in [0.2, 0.25) is 0 Å². The van der Waals surface area contributed by atoms with Crippen molar-refractivity contribution in [2.24, 2.45) is 16.1 Å².